The van der Waals surface area contributed by atoms with Gasteiger partial charge < -0.3 is 0 Å². The Morgan fingerprint density at radius 2 is 1.48 bits per heavy atom. The molecule has 0 amide bonds. The maximum Gasteiger partial charge on any atom is 0.339 e. The predicted molar refractivity (Wildman–Crippen MR) is 107 cm³/mol. The van der Waals surface area contributed by atoms with Crippen LogP contribution in [0.2, 0.25) is 0 Å². The van der Waals surface area contributed by atoms with Crippen molar-refractivity contribution < 1.29 is 4.57 Å². The first kappa shape index (κ1) is 19.5. The van der Waals surface area contributed by atoms with Crippen LogP contribution in [-0.4, -0.2) is 20.7 Å². The van der Waals surface area contributed by atoms with E-state index in [2.05, 4.69) is 62.6 Å². The third-order valence-corrected chi connectivity index (χ3v) is 9.00. The predicted octanol–water partition coefficient (Wildman–Crippen LogP) is 3.36. The summed E-state index contributed by atoms with van der Waals surface area (Å²) in [5.74, 6) is 3.01. The number of para-hydroxylation sites is 2. The normalized spacial score (nSPS) is 13.1. The minimum Gasteiger partial charge on any atom is -0.264 e. The molecule has 0 unspecified atom stereocenters. The molecular formula is C19H28BN4P. The molecule has 6 heteroatoms. The SMILES string of the molecule is Cn1c([B-](C#N)(C#N)P(C(C)(C)C)C(C)(C)C)[n+](C)c2ccccc21. The number of nitrogens with zero attached hydrogens (tertiary/aromatic N) is 4. The van der Waals surface area contributed by atoms with E-state index >= 15 is 0 Å². The molecule has 0 N–H and O–H groups in total. The molecule has 0 saturated carbocycles. The molecule has 132 valence electrons. The fourth-order valence-corrected chi connectivity index (χ4v) is 9.75. The first-order chi connectivity index (χ1) is 11.4. The van der Waals surface area contributed by atoms with Crippen LogP contribution < -0.4 is 10.3 Å². The molecule has 0 aliphatic rings. The van der Waals surface area contributed by atoms with Gasteiger partial charge in [0.05, 0.1) is 14.1 Å². The molecule has 0 aliphatic heterocycles. The molecule has 4 nitrogen and oxygen atoms in total. The molecule has 25 heavy (non-hydrogen) atoms. The molecule has 0 saturated heterocycles. The summed E-state index contributed by atoms with van der Waals surface area (Å²) in [4.78, 5) is 0. The fraction of sp³-hybridized carbons (Fsp3) is 0.526. The minimum absolute atomic E-state index is 0.123. The molecule has 0 spiro atoms. The summed E-state index contributed by atoms with van der Waals surface area (Å²) in [6.07, 6.45) is 0. The summed E-state index contributed by atoms with van der Waals surface area (Å²) in [5.41, 5.74) is 2.94. The van der Waals surface area contributed by atoms with Gasteiger partial charge >= 0.3 is 5.87 Å². The Morgan fingerprint density at radius 1 is 1.00 bits per heavy atom. The summed E-state index contributed by atoms with van der Waals surface area (Å²) in [6, 6.07) is 8.08. The van der Waals surface area contributed by atoms with Crippen LogP contribution in [0.4, 0.5) is 0 Å². The summed E-state index contributed by atoms with van der Waals surface area (Å²) >= 11 is 0. The van der Waals surface area contributed by atoms with Crippen molar-refractivity contribution in [2.24, 2.45) is 14.1 Å². The van der Waals surface area contributed by atoms with Gasteiger partial charge in [0.1, 0.15) is 5.72 Å². The van der Waals surface area contributed by atoms with Gasteiger partial charge in [0, 0.05) is 0 Å². The highest BCUT2D eigenvalue weighted by Crippen LogP contribution is 2.64. The quantitative estimate of drug-likeness (QED) is 0.472. The fourth-order valence-electron chi connectivity index (χ4n) is 4.61. The van der Waals surface area contributed by atoms with Gasteiger partial charge in [-0.15, -0.1) is 11.9 Å². The zero-order valence-corrected chi connectivity index (χ0v) is 17.5. The van der Waals surface area contributed by atoms with Crippen LogP contribution in [0, 0.1) is 22.5 Å². The van der Waals surface area contributed by atoms with Crippen LogP contribution in [0.15, 0.2) is 24.3 Å². The second kappa shape index (κ2) is 6.15. The molecule has 1 aromatic carbocycles. The Balaban J connectivity index is 2.97. The van der Waals surface area contributed by atoms with Gasteiger partial charge in [-0.25, -0.2) is 18.3 Å². The Labute approximate surface area is 152 Å². The third-order valence-electron chi connectivity index (χ3n) is 4.87. The Bertz CT molecular complexity index is 820. The number of hydrogen-bond donors (Lipinski definition) is 0. The van der Waals surface area contributed by atoms with Crippen LogP contribution in [0.1, 0.15) is 41.5 Å². The Kier molecular flexibility index (Phi) is 4.80. The lowest BCUT2D eigenvalue weighted by Crippen LogP contribution is -2.65. The van der Waals surface area contributed by atoms with Crippen LogP contribution in [0.25, 0.3) is 11.0 Å². The average Bonchev–Trinajstić information content (AvgIpc) is 2.75. The van der Waals surface area contributed by atoms with E-state index in [1.807, 2.05) is 38.4 Å². The Morgan fingerprint density at radius 3 is 1.88 bits per heavy atom. The zero-order valence-electron chi connectivity index (χ0n) is 16.6. The van der Waals surface area contributed by atoms with Crippen molar-refractivity contribution in [1.29, 1.82) is 10.5 Å². The van der Waals surface area contributed by atoms with Crippen molar-refractivity contribution in [3.8, 4) is 11.9 Å². The highest BCUT2D eigenvalue weighted by Gasteiger charge is 2.52. The summed E-state index contributed by atoms with van der Waals surface area (Å²) in [7, 11) is 3.01. The van der Waals surface area contributed by atoms with Gasteiger partial charge in [0.25, 0.3) is 0 Å². The molecule has 1 aromatic heterocycles. The maximum atomic E-state index is 10.3. The number of fused-ring (bicyclic) bond motifs is 1. The summed E-state index contributed by atoms with van der Waals surface area (Å²) in [5, 5.41) is 20.4. The van der Waals surface area contributed by atoms with Gasteiger partial charge in [0.15, 0.2) is 11.0 Å². The van der Waals surface area contributed by atoms with E-state index in [-0.39, 0.29) is 10.3 Å². The van der Waals surface area contributed by atoms with Crippen molar-refractivity contribution >= 4 is 30.4 Å². The first-order valence-corrected chi connectivity index (χ1v) is 10.0. The monoisotopic (exact) mass is 354 g/mol. The van der Waals surface area contributed by atoms with Gasteiger partial charge in [-0.1, -0.05) is 53.7 Å². The molecule has 0 aliphatic carbocycles. The second-order valence-electron chi connectivity index (χ2n) is 8.76. The molecule has 0 radical (unpaired) electrons. The molecule has 0 atom stereocenters. The second-order valence-corrected chi connectivity index (χ2v) is 13.0. The van der Waals surface area contributed by atoms with E-state index < -0.39 is 13.7 Å². The topological polar surface area (TPSA) is 56.4 Å². The van der Waals surface area contributed by atoms with E-state index in [1.165, 1.54) is 0 Å². The molecule has 2 rings (SSSR count). The lowest BCUT2D eigenvalue weighted by molar-refractivity contribution is -0.627. The lowest BCUT2D eigenvalue weighted by Gasteiger charge is -2.52. The van der Waals surface area contributed by atoms with Gasteiger partial charge in [0.2, 0.25) is 0 Å². The van der Waals surface area contributed by atoms with E-state index in [0.717, 1.165) is 16.8 Å². The number of imidazole rings is 1. The number of aryl methyl sites for hydroxylation is 2. The zero-order chi connectivity index (χ0) is 19.2. The number of rotatable bonds is 2. The minimum atomic E-state index is -2.04. The van der Waals surface area contributed by atoms with Gasteiger partial charge in [-0.05, 0) is 22.4 Å². The van der Waals surface area contributed by atoms with Crippen LogP contribution in [0.3, 0.4) is 0 Å². The standard InChI is InChI=1S/C19H28BN4P/c1-18(2,3)25(19(4,5)6)20(13-21,14-22)17-23(7)15-11-9-10-12-16(15)24(17)8/h9-12H,1-8H3. The van der Waals surface area contributed by atoms with Crippen molar-refractivity contribution in [1.82, 2.24) is 4.57 Å². The molecule has 1 heterocycles. The highest BCUT2D eigenvalue weighted by atomic mass is 31.1. The highest BCUT2D eigenvalue weighted by molar-refractivity contribution is 8.01. The van der Waals surface area contributed by atoms with Crippen LogP contribution in [-0.2, 0) is 14.1 Å². The van der Waals surface area contributed by atoms with E-state index in [0.29, 0.717) is 0 Å². The van der Waals surface area contributed by atoms with Crippen molar-refractivity contribution in [2.45, 2.75) is 51.9 Å². The van der Waals surface area contributed by atoms with Gasteiger partial charge in [-0.3, -0.25) is 9.13 Å². The van der Waals surface area contributed by atoms with Gasteiger partial charge in [-0.2, -0.15) is 0 Å². The number of aromatic nitrogens is 2. The van der Waals surface area contributed by atoms with E-state index in [4.69, 9.17) is 0 Å². The molecule has 0 bridgehead atoms. The van der Waals surface area contributed by atoms with Crippen molar-refractivity contribution in [2.75, 3.05) is 0 Å². The van der Waals surface area contributed by atoms with Crippen molar-refractivity contribution in [3.05, 3.63) is 24.3 Å². The summed E-state index contributed by atoms with van der Waals surface area (Å²) < 4.78 is 4.10. The lowest BCUT2D eigenvalue weighted by atomic mass is 9.49. The third kappa shape index (κ3) is 2.96. The maximum absolute atomic E-state index is 10.3. The molecule has 0 fully saturated rings. The largest absolute Gasteiger partial charge is 0.339 e. The number of hydrogen-bond acceptors (Lipinski definition) is 2. The van der Waals surface area contributed by atoms with E-state index in [1.54, 1.807) is 0 Å². The van der Waals surface area contributed by atoms with Crippen LogP contribution in [0.5, 0.6) is 0 Å². The smallest absolute Gasteiger partial charge is 0.264 e. The van der Waals surface area contributed by atoms with E-state index in [9.17, 15) is 10.5 Å². The molecular weight excluding hydrogens is 326 g/mol. The molecule has 2 aromatic rings. The Hall–Kier alpha value is -1.84. The van der Waals surface area contributed by atoms with Crippen LogP contribution >= 0.6 is 7.80 Å². The average molecular weight is 354 g/mol. The first-order valence-electron chi connectivity index (χ1n) is 8.63. The number of nitriles is 2. The van der Waals surface area contributed by atoms with Crippen molar-refractivity contribution in [3.63, 3.8) is 0 Å². The number of benzene rings is 1. The summed E-state index contributed by atoms with van der Waals surface area (Å²) in [6.45, 7) is 13.0.